The molecule has 1 aromatic carbocycles. The lowest BCUT2D eigenvalue weighted by atomic mass is 9.97. The quantitative estimate of drug-likeness (QED) is 0.802. The van der Waals surface area contributed by atoms with Gasteiger partial charge in [-0.3, -0.25) is 14.5 Å². The summed E-state index contributed by atoms with van der Waals surface area (Å²) in [7, 11) is 0. The van der Waals surface area contributed by atoms with E-state index in [1.807, 2.05) is 23.1 Å². The molecule has 2 aliphatic rings. The summed E-state index contributed by atoms with van der Waals surface area (Å²) < 4.78 is 6.70. The van der Waals surface area contributed by atoms with Crippen LogP contribution in [0.4, 0.5) is 0 Å². The Labute approximate surface area is 158 Å². The second-order valence-corrected chi connectivity index (χ2v) is 7.46. The molecule has 2 aliphatic heterocycles. The summed E-state index contributed by atoms with van der Waals surface area (Å²) in [5.74, 6) is 0.466. The number of amides is 1. The molecule has 0 bridgehead atoms. The van der Waals surface area contributed by atoms with Crippen LogP contribution in [0.25, 0.3) is 10.8 Å². The maximum Gasteiger partial charge on any atom is 0.275 e. The zero-order chi connectivity index (χ0) is 18.6. The van der Waals surface area contributed by atoms with Crippen molar-refractivity contribution in [3.05, 3.63) is 40.8 Å². The van der Waals surface area contributed by atoms with E-state index in [4.69, 9.17) is 4.74 Å². The van der Waals surface area contributed by atoms with Gasteiger partial charge in [0.15, 0.2) is 0 Å². The summed E-state index contributed by atoms with van der Waals surface area (Å²) in [5, 5.41) is 5.59. The summed E-state index contributed by atoms with van der Waals surface area (Å²) in [6.45, 7) is 6.09. The van der Waals surface area contributed by atoms with E-state index in [1.54, 1.807) is 12.3 Å². The smallest absolute Gasteiger partial charge is 0.275 e. The average molecular weight is 370 g/mol. The van der Waals surface area contributed by atoms with Gasteiger partial charge >= 0.3 is 0 Å². The van der Waals surface area contributed by atoms with E-state index in [-0.39, 0.29) is 18.0 Å². The number of carbonyl (C=O) groups is 1. The molecule has 2 aromatic rings. The van der Waals surface area contributed by atoms with E-state index in [0.29, 0.717) is 11.3 Å². The van der Waals surface area contributed by atoms with Gasteiger partial charge in [0.05, 0.1) is 24.8 Å². The van der Waals surface area contributed by atoms with Crippen LogP contribution in [0.3, 0.4) is 0 Å². The van der Waals surface area contributed by atoms with Crippen molar-refractivity contribution in [3.63, 3.8) is 0 Å². The summed E-state index contributed by atoms with van der Waals surface area (Å²) >= 11 is 0. The summed E-state index contributed by atoms with van der Waals surface area (Å²) in [5.41, 5.74) is -0.205. The summed E-state index contributed by atoms with van der Waals surface area (Å²) in [6, 6.07) is 7.34. The monoisotopic (exact) mass is 370 g/mol. The molecular formula is C20H26N4O3. The highest BCUT2D eigenvalue weighted by atomic mass is 16.5. The average Bonchev–Trinajstić information content (AvgIpc) is 2.71. The third-order valence-corrected chi connectivity index (χ3v) is 5.54. The van der Waals surface area contributed by atoms with Gasteiger partial charge in [-0.15, -0.1) is 0 Å². The number of ether oxygens (including phenoxy) is 1. The zero-order valence-corrected chi connectivity index (χ0v) is 15.5. The molecule has 1 amide bonds. The topological polar surface area (TPSA) is 67.7 Å². The van der Waals surface area contributed by atoms with Gasteiger partial charge in [-0.05, 0) is 24.8 Å². The predicted molar refractivity (Wildman–Crippen MR) is 103 cm³/mol. The fraction of sp³-hybridized carbons (Fsp3) is 0.550. The minimum absolute atomic E-state index is 0.00788. The minimum Gasteiger partial charge on any atom is -0.379 e. The highest BCUT2D eigenvalue weighted by Crippen LogP contribution is 2.18. The second-order valence-electron chi connectivity index (χ2n) is 7.46. The largest absolute Gasteiger partial charge is 0.379 e. The number of morpholine rings is 1. The fourth-order valence-corrected chi connectivity index (χ4v) is 4.06. The van der Waals surface area contributed by atoms with Gasteiger partial charge < -0.3 is 9.64 Å². The Morgan fingerprint density at radius 1 is 1.19 bits per heavy atom. The molecule has 7 nitrogen and oxygen atoms in total. The lowest BCUT2D eigenvalue weighted by molar-refractivity contribution is -0.134. The first kappa shape index (κ1) is 18.1. The van der Waals surface area contributed by atoms with Crippen LogP contribution >= 0.6 is 0 Å². The van der Waals surface area contributed by atoms with Crippen LogP contribution < -0.4 is 5.56 Å². The fourth-order valence-electron chi connectivity index (χ4n) is 4.06. The Morgan fingerprint density at radius 2 is 2.00 bits per heavy atom. The molecule has 2 saturated heterocycles. The van der Waals surface area contributed by atoms with Gasteiger partial charge in [0, 0.05) is 38.1 Å². The van der Waals surface area contributed by atoms with Gasteiger partial charge in [-0.1, -0.05) is 18.2 Å². The molecule has 0 N–H and O–H groups in total. The number of rotatable bonds is 4. The van der Waals surface area contributed by atoms with Crippen LogP contribution in [0.1, 0.15) is 12.8 Å². The summed E-state index contributed by atoms with van der Waals surface area (Å²) in [4.78, 5) is 29.7. The highest BCUT2D eigenvalue weighted by molar-refractivity contribution is 5.81. The van der Waals surface area contributed by atoms with E-state index in [0.717, 1.165) is 64.2 Å². The van der Waals surface area contributed by atoms with Crippen LogP contribution in [0, 0.1) is 5.92 Å². The Balaban J connectivity index is 1.40. The van der Waals surface area contributed by atoms with Crippen LogP contribution in [-0.2, 0) is 16.1 Å². The first-order valence-corrected chi connectivity index (χ1v) is 9.73. The third kappa shape index (κ3) is 4.20. The van der Waals surface area contributed by atoms with Crippen LogP contribution in [-0.4, -0.2) is 71.4 Å². The number of fused-ring (bicyclic) bond motifs is 1. The maximum absolute atomic E-state index is 12.8. The van der Waals surface area contributed by atoms with Gasteiger partial charge in [0.25, 0.3) is 5.56 Å². The van der Waals surface area contributed by atoms with Gasteiger partial charge in [-0.2, -0.15) is 5.10 Å². The van der Waals surface area contributed by atoms with Crippen LogP contribution in [0.15, 0.2) is 35.3 Å². The van der Waals surface area contributed by atoms with Crippen LogP contribution in [0.2, 0.25) is 0 Å². The lowest BCUT2D eigenvalue weighted by Crippen LogP contribution is -2.47. The number of hydrogen-bond donors (Lipinski definition) is 0. The first-order chi connectivity index (χ1) is 13.2. The number of nitrogens with zero attached hydrogens (tertiary/aromatic N) is 4. The lowest BCUT2D eigenvalue weighted by Gasteiger charge is -2.36. The van der Waals surface area contributed by atoms with Crippen molar-refractivity contribution in [2.75, 3.05) is 45.9 Å². The number of hydrogen-bond acceptors (Lipinski definition) is 5. The molecule has 144 valence electrons. The van der Waals surface area contributed by atoms with Gasteiger partial charge in [0.1, 0.15) is 6.54 Å². The number of piperidine rings is 1. The number of carbonyl (C=O) groups excluding carboxylic acids is 1. The van der Waals surface area contributed by atoms with Crippen molar-refractivity contribution in [3.8, 4) is 0 Å². The molecule has 27 heavy (non-hydrogen) atoms. The van der Waals surface area contributed by atoms with Gasteiger partial charge in [0.2, 0.25) is 5.91 Å². The molecule has 0 radical (unpaired) electrons. The van der Waals surface area contributed by atoms with E-state index >= 15 is 0 Å². The van der Waals surface area contributed by atoms with Gasteiger partial charge in [-0.25, -0.2) is 4.68 Å². The summed E-state index contributed by atoms with van der Waals surface area (Å²) in [6.07, 6.45) is 3.82. The molecule has 1 unspecified atom stereocenters. The van der Waals surface area contributed by atoms with Crippen molar-refractivity contribution >= 4 is 16.7 Å². The Bertz CT molecular complexity index is 860. The molecular weight excluding hydrogens is 344 g/mol. The maximum atomic E-state index is 12.8. The molecule has 0 aliphatic carbocycles. The highest BCUT2D eigenvalue weighted by Gasteiger charge is 2.26. The molecule has 1 aromatic heterocycles. The molecule has 0 spiro atoms. The van der Waals surface area contributed by atoms with Crippen molar-refractivity contribution in [2.24, 2.45) is 5.92 Å². The first-order valence-electron chi connectivity index (χ1n) is 9.73. The zero-order valence-electron chi connectivity index (χ0n) is 15.5. The molecule has 1 atom stereocenters. The van der Waals surface area contributed by atoms with E-state index < -0.39 is 0 Å². The molecule has 4 rings (SSSR count). The number of likely N-dealkylation sites (tertiary alicyclic amines) is 1. The predicted octanol–water partition coefficient (Wildman–Crippen LogP) is 0.967. The SMILES string of the molecule is O=C(Cn1ncc2ccccc2c1=O)N1CCCC(CN2CCOCC2)C1. The molecule has 0 saturated carbocycles. The van der Waals surface area contributed by atoms with Crippen molar-refractivity contribution in [1.29, 1.82) is 0 Å². The number of benzene rings is 1. The Kier molecular flexibility index (Phi) is 5.50. The second kappa shape index (κ2) is 8.19. The Hall–Kier alpha value is -2.25. The van der Waals surface area contributed by atoms with Crippen molar-refractivity contribution in [2.45, 2.75) is 19.4 Å². The van der Waals surface area contributed by atoms with Crippen molar-refractivity contribution < 1.29 is 9.53 Å². The normalized spacial score (nSPS) is 21.5. The standard InChI is InChI=1S/C20H26N4O3/c25-19(15-24-20(26)18-6-2-1-5-17(18)12-21-24)23-7-3-4-16(14-23)13-22-8-10-27-11-9-22/h1-2,5-6,12,16H,3-4,7-11,13-15H2. The minimum atomic E-state index is -0.205. The van der Waals surface area contributed by atoms with Crippen LogP contribution in [0.5, 0.6) is 0 Å². The molecule has 7 heteroatoms. The molecule has 2 fully saturated rings. The molecule has 3 heterocycles. The van der Waals surface area contributed by atoms with E-state index in [1.165, 1.54) is 4.68 Å². The van der Waals surface area contributed by atoms with Crippen molar-refractivity contribution in [1.82, 2.24) is 19.6 Å². The third-order valence-electron chi connectivity index (χ3n) is 5.54. The van der Waals surface area contributed by atoms with E-state index in [2.05, 4.69) is 10.00 Å². The Morgan fingerprint density at radius 3 is 2.85 bits per heavy atom. The van der Waals surface area contributed by atoms with E-state index in [9.17, 15) is 9.59 Å². The number of aromatic nitrogens is 2.